The van der Waals surface area contributed by atoms with Crippen molar-refractivity contribution in [1.82, 2.24) is 25.6 Å². The number of aromatic nitrogens is 3. The first-order chi connectivity index (χ1) is 9.74. The average molecular weight is 308 g/mol. The van der Waals surface area contributed by atoms with Gasteiger partial charge in [-0.15, -0.1) is 17.5 Å². The number of hydrogen-bond acceptors (Lipinski definition) is 4. The molecular formula is C14H18ClN5O. The van der Waals surface area contributed by atoms with Gasteiger partial charge in [-0.1, -0.05) is 16.9 Å². The van der Waals surface area contributed by atoms with Crippen LogP contribution in [0.3, 0.4) is 0 Å². The number of carbonyl (C=O) groups excluding carboxylic acids is 1. The summed E-state index contributed by atoms with van der Waals surface area (Å²) >= 11 is 0. The van der Waals surface area contributed by atoms with Gasteiger partial charge in [0.2, 0.25) is 0 Å². The van der Waals surface area contributed by atoms with E-state index < -0.39 is 0 Å². The van der Waals surface area contributed by atoms with E-state index in [1.165, 1.54) is 5.57 Å². The Morgan fingerprint density at radius 3 is 3.10 bits per heavy atom. The highest BCUT2D eigenvalue weighted by molar-refractivity contribution is 5.97. The first kappa shape index (κ1) is 15.5. The van der Waals surface area contributed by atoms with Crippen molar-refractivity contribution in [2.45, 2.75) is 6.42 Å². The molecule has 2 N–H and O–H groups in total. The molecule has 112 valence electrons. The highest BCUT2D eigenvalue weighted by atomic mass is 35.5. The summed E-state index contributed by atoms with van der Waals surface area (Å²) in [6.45, 7) is 2.48. The molecule has 6 nitrogen and oxygen atoms in total. The fourth-order valence-electron chi connectivity index (χ4n) is 2.31. The summed E-state index contributed by atoms with van der Waals surface area (Å²) in [5.74, 6) is -0.0722. The predicted octanol–water partition coefficient (Wildman–Crippen LogP) is 1.04. The van der Waals surface area contributed by atoms with E-state index in [-0.39, 0.29) is 18.3 Å². The van der Waals surface area contributed by atoms with Crippen LogP contribution < -0.4 is 10.6 Å². The molecule has 0 saturated heterocycles. The van der Waals surface area contributed by atoms with E-state index in [0.29, 0.717) is 12.1 Å². The van der Waals surface area contributed by atoms with E-state index in [0.717, 1.165) is 30.5 Å². The monoisotopic (exact) mass is 307 g/mol. The Morgan fingerprint density at radius 1 is 1.48 bits per heavy atom. The lowest BCUT2D eigenvalue weighted by Gasteiger charge is -2.14. The highest BCUT2D eigenvalue weighted by Crippen LogP contribution is 2.12. The third-order valence-electron chi connectivity index (χ3n) is 3.51. The van der Waals surface area contributed by atoms with E-state index in [4.69, 9.17) is 0 Å². The number of carbonyl (C=O) groups is 1. The number of amides is 1. The van der Waals surface area contributed by atoms with E-state index in [2.05, 4.69) is 27.0 Å². The molecule has 21 heavy (non-hydrogen) atoms. The summed E-state index contributed by atoms with van der Waals surface area (Å²) in [5, 5.41) is 14.2. The molecule has 1 aromatic carbocycles. The molecule has 0 fully saturated rings. The summed E-state index contributed by atoms with van der Waals surface area (Å²) in [5.41, 5.74) is 3.55. The smallest absolute Gasteiger partial charge is 0.251 e. The minimum absolute atomic E-state index is 0. The second kappa shape index (κ2) is 6.69. The lowest BCUT2D eigenvalue weighted by Crippen LogP contribution is -2.29. The van der Waals surface area contributed by atoms with Crippen molar-refractivity contribution in [3.8, 4) is 0 Å². The number of nitrogens with one attached hydrogen (secondary N) is 2. The van der Waals surface area contributed by atoms with Crippen LogP contribution in [0, 0.1) is 0 Å². The number of aryl methyl sites for hydroxylation is 1. The van der Waals surface area contributed by atoms with Gasteiger partial charge in [-0.2, -0.15) is 0 Å². The first-order valence-corrected chi connectivity index (χ1v) is 6.70. The third kappa shape index (κ3) is 3.40. The van der Waals surface area contributed by atoms with Crippen molar-refractivity contribution < 1.29 is 4.79 Å². The Balaban J connectivity index is 0.00000161. The zero-order valence-corrected chi connectivity index (χ0v) is 12.6. The van der Waals surface area contributed by atoms with Crippen molar-refractivity contribution in [1.29, 1.82) is 0 Å². The van der Waals surface area contributed by atoms with Crippen LogP contribution in [-0.2, 0) is 7.05 Å². The van der Waals surface area contributed by atoms with Crippen LogP contribution in [0.1, 0.15) is 16.8 Å². The van der Waals surface area contributed by atoms with Gasteiger partial charge in [0.05, 0.1) is 5.52 Å². The van der Waals surface area contributed by atoms with Gasteiger partial charge in [-0.05, 0) is 31.2 Å². The first-order valence-electron chi connectivity index (χ1n) is 6.70. The molecular weight excluding hydrogens is 290 g/mol. The number of fused-ring (bicyclic) bond motifs is 1. The Bertz CT molecular complexity index is 679. The SMILES string of the molecule is Cl.Cn1nnc2cc(C(=O)NCC3=CCNCC3)ccc21. The Kier molecular flexibility index (Phi) is 4.93. The fraction of sp³-hybridized carbons (Fsp3) is 0.357. The molecule has 3 rings (SSSR count). The normalized spacial score (nSPS) is 14.4. The summed E-state index contributed by atoms with van der Waals surface area (Å²) in [7, 11) is 1.83. The predicted molar refractivity (Wildman–Crippen MR) is 83.7 cm³/mol. The summed E-state index contributed by atoms with van der Waals surface area (Å²) < 4.78 is 1.69. The van der Waals surface area contributed by atoms with Crippen LogP contribution in [-0.4, -0.2) is 40.5 Å². The van der Waals surface area contributed by atoms with Crippen molar-refractivity contribution in [2.75, 3.05) is 19.6 Å². The Hall–Kier alpha value is -1.92. The zero-order valence-electron chi connectivity index (χ0n) is 11.8. The summed E-state index contributed by atoms with van der Waals surface area (Å²) in [6.07, 6.45) is 3.12. The van der Waals surface area contributed by atoms with Crippen LogP contribution in [0.4, 0.5) is 0 Å². The van der Waals surface area contributed by atoms with Crippen LogP contribution in [0.25, 0.3) is 11.0 Å². The van der Waals surface area contributed by atoms with Crippen molar-refractivity contribution in [3.05, 3.63) is 35.4 Å². The number of halogens is 1. The highest BCUT2D eigenvalue weighted by Gasteiger charge is 2.10. The second-order valence-corrected chi connectivity index (χ2v) is 4.92. The Morgan fingerprint density at radius 2 is 2.33 bits per heavy atom. The van der Waals surface area contributed by atoms with E-state index in [1.807, 2.05) is 13.1 Å². The number of hydrogen-bond donors (Lipinski definition) is 2. The molecule has 0 saturated carbocycles. The second-order valence-electron chi connectivity index (χ2n) is 4.92. The van der Waals surface area contributed by atoms with E-state index >= 15 is 0 Å². The minimum Gasteiger partial charge on any atom is -0.348 e. The van der Waals surface area contributed by atoms with Gasteiger partial charge >= 0.3 is 0 Å². The van der Waals surface area contributed by atoms with Gasteiger partial charge in [0.15, 0.2) is 0 Å². The molecule has 1 amide bonds. The summed E-state index contributed by atoms with van der Waals surface area (Å²) in [4.78, 5) is 12.1. The number of nitrogens with zero attached hydrogens (tertiary/aromatic N) is 3. The van der Waals surface area contributed by atoms with Gasteiger partial charge < -0.3 is 10.6 Å². The van der Waals surface area contributed by atoms with Gasteiger partial charge in [-0.25, -0.2) is 4.68 Å². The topological polar surface area (TPSA) is 71.8 Å². The van der Waals surface area contributed by atoms with Crippen LogP contribution >= 0.6 is 12.4 Å². The molecule has 2 aromatic rings. The van der Waals surface area contributed by atoms with E-state index in [9.17, 15) is 4.79 Å². The molecule has 1 aromatic heterocycles. The maximum absolute atomic E-state index is 12.1. The van der Waals surface area contributed by atoms with Gasteiger partial charge in [-0.3, -0.25) is 4.79 Å². The van der Waals surface area contributed by atoms with Crippen LogP contribution in [0.2, 0.25) is 0 Å². The lowest BCUT2D eigenvalue weighted by atomic mass is 10.1. The zero-order chi connectivity index (χ0) is 13.9. The van der Waals surface area contributed by atoms with Gasteiger partial charge in [0.1, 0.15) is 5.52 Å². The summed E-state index contributed by atoms with van der Waals surface area (Å²) in [6, 6.07) is 5.44. The molecule has 7 heteroatoms. The third-order valence-corrected chi connectivity index (χ3v) is 3.51. The Labute approximate surface area is 129 Å². The number of benzene rings is 1. The maximum atomic E-state index is 12.1. The van der Waals surface area contributed by atoms with Crippen molar-refractivity contribution in [2.24, 2.45) is 7.05 Å². The molecule has 2 heterocycles. The molecule has 0 atom stereocenters. The van der Waals surface area contributed by atoms with E-state index in [1.54, 1.807) is 16.8 Å². The lowest BCUT2D eigenvalue weighted by molar-refractivity contribution is 0.0956. The van der Waals surface area contributed by atoms with Crippen molar-refractivity contribution >= 4 is 29.3 Å². The molecule has 1 aliphatic heterocycles. The maximum Gasteiger partial charge on any atom is 0.251 e. The molecule has 0 bridgehead atoms. The largest absolute Gasteiger partial charge is 0.348 e. The van der Waals surface area contributed by atoms with Gasteiger partial charge in [0, 0.05) is 25.7 Å². The number of rotatable bonds is 3. The molecule has 0 unspecified atom stereocenters. The molecule has 0 aliphatic carbocycles. The average Bonchev–Trinajstić information content (AvgIpc) is 2.87. The molecule has 0 spiro atoms. The quantitative estimate of drug-likeness (QED) is 0.831. The molecule has 1 aliphatic rings. The fourth-order valence-corrected chi connectivity index (χ4v) is 2.31. The standard InChI is InChI=1S/C14H17N5O.ClH/c1-19-13-3-2-11(8-12(13)17-18-19)14(20)16-9-10-4-6-15-7-5-10;/h2-4,8,15H,5-7,9H2,1H3,(H,16,20);1H. The molecule has 0 radical (unpaired) electrons. The van der Waals surface area contributed by atoms with Crippen LogP contribution in [0.15, 0.2) is 29.8 Å². The van der Waals surface area contributed by atoms with Gasteiger partial charge in [0.25, 0.3) is 5.91 Å². The minimum atomic E-state index is -0.0722. The van der Waals surface area contributed by atoms with Crippen molar-refractivity contribution in [3.63, 3.8) is 0 Å². The van der Waals surface area contributed by atoms with Crippen LogP contribution in [0.5, 0.6) is 0 Å².